The highest BCUT2D eigenvalue weighted by Crippen LogP contribution is 2.35. The number of oxazole rings is 1. The first-order chi connectivity index (χ1) is 11.3. The molecule has 112 valence electrons. The lowest BCUT2D eigenvalue weighted by atomic mass is 9.84. The molecule has 0 spiro atoms. The van der Waals surface area contributed by atoms with E-state index >= 15 is 0 Å². The van der Waals surface area contributed by atoms with Crippen molar-refractivity contribution in [2.45, 2.75) is 25.2 Å². The first kappa shape index (κ1) is 13.7. The Labute approximate surface area is 134 Å². The third-order valence-corrected chi connectivity index (χ3v) is 4.35. The average Bonchev–Trinajstić information content (AvgIpc) is 3.06. The van der Waals surface area contributed by atoms with Crippen molar-refractivity contribution in [3.05, 3.63) is 71.4 Å². The second-order valence-electron chi connectivity index (χ2n) is 5.80. The molecule has 1 unspecified atom stereocenters. The van der Waals surface area contributed by atoms with Gasteiger partial charge in [-0.3, -0.25) is 4.98 Å². The Morgan fingerprint density at radius 3 is 2.87 bits per heavy atom. The molecular weight excluding hydrogens is 286 g/mol. The van der Waals surface area contributed by atoms with Crippen molar-refractivity contribution in [2.75, 3.05) is 0 Å². The van der Waals surface area contributed by atoms with Crippen LogP contribution >= 0.6 is 0 Å². The molecule has 1 atom stereocenters. The summed E-state index contributed by atoms with van der Waals surface area (Å²) in [6.07, 6.45) is 6.27. The minimum atomic E-state index is 0.383. The summed E-state index contributed by atoms with van der Waals surface area (Å²) in [5.41, 5.74) is 3.93. The molecule has 0 saturated carbocycles. The number of pyridine rings is 1. The van der Waals surface area contributed by atoms with E-state index in [1.807, 2.05) is 30.3 Å². The number of aryl methyl sites for hydroxylation is 1. The number of fused-ring (bicyclic) bond motifs is 1. The third kappa shape index (κ3) is 2.62. The smallest absolute Gasteiger partial charge is 0.226 e. The van der Waals surface area contributed by atoms with E-state index in [9.17, 15) is 0 Å². The summed E-state index contributed by atoms with van der Waals surface area (Å²) >= 11 is 0. The van der Waals surface area contributed by atoms with E-state index in [-0.39, 0.29) is 0 Å². The van der Waals surface area contributed by atoms with Gasteiger partial charge in [-0.2, -0.15) is 5.26 Å². The number of rotatable bonds is 2. The summed E-state index contributed by atoms with van der Waals surface area (Å²) in [6, 6.07) is 13.9. The highest BCUT2D eigenvalue weighted by molar-refractivity contribution is 5.52. The molecule has 4 heteroatoms. The van der Waals surface area contributed by atoms with Crippen molar-refractivity contribution >= 4 is 0 Å². The van der Waals surface area contributed by atoms with Gasteiger partial charge in [0.2, 0.25) is 5.89 Å². The van der Waals surface area contributed by atoms with Gasteiger partial charge >= 0.3 is 0 Å². The zero-order valence-corrected chi connectivity index (χ0v) is 12.6. The maximum atomic E-state index is 9.06. The first-order valence-electron chi connectivity index (χ1n) is 7.72. The van der Waals surface area contributed by atoms with Crippen LogP contribution in [-0.2, 0) is 12.8 Å². The number of benzene rings is 1. The highest BCUT2D eigenvalue weighted by Gasteiger charge is 2.25. The van der Waals surface area contributed by atoms with Crippen LogP contribution in [0.25, 0.3) is 11.5 Å². The van der Waals surface area contributed by atoms with Gasteiger partial charge in [0.05, 0.1) is 17.3 Å². The van der Waals surface area contributed by atoms with Crippen LogP contribution in [0.4, 0.5) is 0 Å². The van der Waals surface area contributed by atoms with Gasteiger partial charge in [-0.05, 0) is 48.6 Å². The molecule has 0 aliphatic heterocycles. The molecule has 2 heterocycles. The van der Waals surface area contributed by atoms with Gasteiger partial charge in [-0.15, -0.1) is 0 Å². The largest absolute Gasteiger partial charge is 0.441 e. The predicted molar refractivity (Wildman–Crippen MR) is 85.7 cm³/mol. The summed E-state index contributed by atoms with van der Waals surface area (Å²) in [5.74, 6) is 2.02. The Morgan fingerprint density at radius 2 is 2.04 bits per heavy atom. The van der Waals surface area contributed by atoms with Crippen molar-refractivity contribution in [3.63, 3.8) is 0 Å². The Hall–Kier alpha value is -2.93. The molecule has 0 radical (unpaired) electrons. The molecule has 2 aromatic heterocycles. The zero-order chi connectivity index (χ0) is 15.6. The Balaban J connectivity index is 1.62. The van der Waals surface area contributed by atoms with E-state index in [4.69, 9.17) is 9.68 Å². The molecule has 1 aromatic carbocycles. The number of hydrogen-bond acceptors (Lipinski definition) is 4. The third-order valence-electron chi connectivity index (χ3n) is 4.35. The van der Waals surface area contributed by atoms with E-state index < -0.39 is 0 Å². The lowest BCUT2D eigenvalue weighted by Gasteiger charge is -2.20. The normalized spacial score (nSPS) is 16.6. The molecule has 0 saturated heterocycles. The van der Waals surface area contributed by atoms with Crippen LogP contribution in [0.1, 0.15) is 34.9 Å². The fourth-order valence-electron chi connectivity index (χ4n) is 3.14. The van der Waals surface area contributed by atoms with E-state index in [0.29, 0.717) is 17.4 Å². The predicted octanol–water partition coefficient (Wildman–Crippen LogP) is 3.88. The van der Waals surface area contributed by atoms with E-state index in [1.165, 1.54) is 5.56 Å². The molecular formula is C19H15N3O. The van der Waals surface area contributed by atoms with Gasteiger partial charge < -0.3 is 4.42 Å². The summed E-state index contributed by atoms with van der Waals surface area (Å²) < 4.78 is 6.00. The van der Waals surface area contributed by atoms with Crippen LogP contribution in [0.15, 0.2) is 53.2 Å². The lowest BCUT2D eigenvalue weighted by molar-refractivity contribution is 0.458. The van der Waals surface area contributed by atoms with Gasteiger partial charge in [0.25, 0.3) is 0 Å². The van der Waals surface area contributed by atoms with Crippen molar-refractivity contribution in [1.82, 2.24) is 9.97 Å². The molecule has 0 fully saturated rings. The van der Waals surface area contributed by atoms with Crippen LogP contribution in [0, 0.1) is 11.3 Å². The van der Waals surface area contributed by atoms with Gasteiger partial charge in [0.15, 0.2) is 0 Å². The molecule has 23 heavy (non-hydrogen) atoms. The molecule has 0 amide bonds. The van der Waals surface area contributed by atoms with E-state index in [0.717, 1.165) is 36.3 Å². The summed E-state index contributed by atoms with van der Waals surface area (Å²) in [5, 5.41) is 9.06. The molecule has 3 aromatic rings. The quantitative estimate of drug-likeness (QED) is 0.720. The Morgan fingerprint density at radius 1 is 1.17 bits per heavy atom. The molecule has 4 nitrogen and oxygen atoms in total. The topological polar surface area (TPSA) is 62.7 Å². The number of aromatic nitrogens is 2. The molecule has 1 aliphatic carbocycles. The van der Waals surface area contributed by atoms with Gasteiger partial charge in [-0.25, -0.2) is 4.98 Å². The Kier molecular flexibility index (Phi) is 3.39. The van der Waals surface area contributed by atoms with E-state index in [1.54, 1.807) is 12.4 Å². The zero-order valence-electron chi connectivity index (χ0n) is 12.6. The number of nitrogens with zero attached hydrogens (tertiary/aromatic N) is 3. The van der Waals surface area contributed by atoms with Crippen molar-refractivity contribution < 1.29 is 4.42 Å². The van der Waals surface area contributed by atoms with Crippen LogP contribution in [0.3, 0.4) is 0 Å². The second-order valence-corrected chi connectivity index (χ2v) is 5.80. The van der Waals surface area contributed by atoms with Crippen molar-refractivity contribution in [1.29, 1.82) is 5.26 Å². The van der Waals surface area contributed by atoms with Gasteiger partial charge in [0.1, 0.15) is 5.76 Å². The number of nitriles is 1. The molecule has 0 N–H and O–H groups in total. The van der Waals surface area contributed by atoms with Crippen molar-refractivity contribution in [3.8, 4) is 17.5 Å². The fraction of sp³-hybridized carbons (Fsp3) is 0.211. The van der Waals surface area contributed by atoms with E-state index in [2.05, 4.69) is 22.1 Å². The molecule has 4 rings (SSSR count). The molecule has 0 bridgehead atoms. The van der Waals surface area contributed by atoms with Gasteiger partial charge in [0, 0.05) is 24.4 Å². The fourth-order valence-corrected chi connectivity index (χ4v) is 3.14. The minimum absolute atomic E-state index is 0.383. The second kappa shape index (κ2) is 5.69. The van der Waals surface area contributed by atoms with Crippen LogP contribution in [0.2, 0.25) is 0 Å². The summed E-state index contributed by atoms with van der Waals surface area (Å²) in [7, 11) is 0. The monoisotopic (exact) mass is 301 g/mol. The van der Waals surface area contributed by atoms with Crippen molar-refractivity contribution in [2.24, 2.45) is 0 Å². The summed E-state index contributed by atoms with van der Waals surface area (Å²) in [4.78, 5) is 8.66. The van der Waals surface area contributed by atoms with Crippen LogP contribution < -0.4 is 0 Å². The lowest BCUT2D eigenvalue weighted by Crippen LogP contribution is -2.11. The number of hydrogen-bond donors (Lipinski definition) is 0. The standard InChI is InChI=1S/C19H15N3O/c20-12-13-2-1-3-15(10-13)16-4-5-17-18(11-16)23-19(22-17)14-6-8-21-9-7-14/h1-3,6-10,16H,4-5,11H2. The summed E-state index contributed by atoms with van der Waals surface area (Å²) in [6.45, 7) is 0. The maximum Gasteiger partial charge on any atom is 0.226 e. The first-order valence-corrected chi connectivity index (χ1v) is 7.72. The van der Waals surface area contributed by atoms with Crippen LogP contribution in [0.5, 0.6) is 0 Å². The van der Waals surface area contributed by atoms with Gasteiger partial charge in [-0.1, -0.05) is 12.1 Å². The molecule has 1 aliphatic rings. The average molecular weight is 301 g/mol. The highest BCUT2D eigenvalue weighted by atomic mass is 16.4. The minimum Gasteiger partial charge on any atom is -0.441 e. The Bertz CT molecular complexity index is 877. The van der Waals surface area contributed by atoms with Crippen LogP contribution in [-0.4, -0.2) is 9.97 Å². The SMILES string of the molecule is N#Cc1cccc(C2CCc3nc(-c4ccncc4)oc3C2)c1. The maximum absolute atomic E-state index is 9.06.